The van der Waals surface area contributed by atoms with Crippen LogP contribution in [-0.4, -0.2) is 9.97 Å². The Hall–Kier alpha value is -1.64. The number of aromatic nitrogens is 2. The fraction of sp³-hybridized carbons (Fsp3) is 0.556. The maximum absolute atomic E-state index is 6.18. The molecule has 1 heterocycles. The number of allylic oxidation sites excluding steroid dienone is 3. The topological polar surface area (TPSA) is 35.0 Å². The van der Waals surface area contributed by atoms with Crippen molar-refractivity contribution in [2.45, 2.75) is 65.2 Å². The average Bonchev–Trinajstić information content (AvgIpc) is 2.42. The number of hydrogen-bond donors (Lipinski definition) is 0. The van der Waals surface area contributed by atoms with Gasteiger partial charge in [0.1, 0.15) is 11.6 Å². The van der Waals surface area contributed by atoms with Gasteiger partial charge >= 0.3 is 0 Å². The minimum Gasteiger partial charge on any atom is -0.439 e. The minimum atomic E-state index is 0.116. The normalized spacial score (nSPS) is 20.4. The first kappa shape index (κ1) is 14.3. The zero-order valence-electron chi connectivity index (χ0n) is 13.5. The molecular weight excluding hydrogens is 260 g/mol. The van der Waals surface area contributed by atoms with Crippen molar-refractivity contribution in [2.75, 3.05) is 0 Å². The summed E-state index contributed by atoms with van der Waals surface area (Å²) in [5.41, 5.74) is 3.71. The van der Waals surface area contributed by atoms with Gasteiger partial charge in [0, 0.05) is 11.0 Å². The second-order valence-corrected chi connectivity index (χ2v) is 6.78. The Kier molecular flexibility index (Phi) is 3.60. The largest absolute Gasteiger partial charge is 0.439 e. The van der Waals surface area contributed by atoms with E-state index in [1.807, 2.05) is 6.92 Å². The van der Waals surface area contributed by atoms with Gasteiger partial charge in [-0.2, -0.15) is 4.98 Å². The van der Waals surface area contributed by atoms with Crippen LogP contribution < -0.4 is 4.74 Å². The van der Waals surface area contributed by atoms with Crippen molar-refractivity contribution in [1.82, 2.24) is 9.97 Å². The van der Waals surface area contributed by atoms with Gasteiger partial charge in [-0.1, -0.05) is 19.9 Å². The molecule has 0 spiro atoms. The Balaban J connectivity index is 2.02. The number of hydrogen-bond acceptors (Lipinski definition) is 3. The van der Waals surface area contributed by atoms with Crippen molar-refractivity contribution in [3.05, 3.63) is 40.6 Å². The van der Waals surface area contributed by atoms with Crippen LogP contribution in [0.3, 0.4) is 0 Å². The predicted molar refractivity (Wildman–Crippen MR) is 84.4 cm³/mol. The van der Waals surface area contributed by atoms with Crippen LogP contribution in [0.15, 0.2) is 23.5 Å². The molecule has 1 aromatic heterocycles. The lowest BCUT2D eigenvalue weighted by Gasteiger charge is -2.32. The van der Waals surface area contributed by atoms with Crippen LogP contribution in [0.4, 0.5) is 0 Å². The van der Waals surface area contributed by atoms with E-state index in [-0.39, 0.29) is 5.41 Å². The highest BCUT2D eigenvalue weighted by Crippen LogP contribution is 2.39. The highest BCUT2D eigenvalue weighted by atomic mass is 16.5. The molecular formula is C18H24N2O. The third kappa shape index (κ3) is 2.74. The van der Waals surface area contributed by atoms with E-state index in [0.29, 0.717) is 0 Å². The summed E-state index contributed by atoms with van der Waals surface area (Å²) in [5.74, 6) is 2.54. The van der Waals surface area contributed by atoms with Gasteiger partial charge in [-0.05, 0) is 57.6 Å². The fourth-order valence-electron chi connectivity index (χ4n) is 3.27. The van der Waals surface area contributed by atoms with Crippen LogP contribution in [-0.2, 0) is 11.8 Å². The SMILES string of the molecule is CC1=CCCC=C1Oc1nc(C)nc2c1CCCC2(C)C. The maximum atomic E-state index is 6.18. The molecule has 0 bridgehead atoms. The first-order valence-electron chi connectivity index (χ1n) is 7.90. The van der Waals surface area contributed by atoms with Gasteiger partial charge in [-0.3, -0.25) is 0 Å². The number of fused-ring (bicyclic) bond motifs is 1. The van der Waals surface area contributed by atoms with Crippen molar-refractivity contribution in [1.29, 1.82) is 0 Å². The van der Waals surface area contributed by atoms with E-state index >= 15 is 0 Å². The molecule has 3 nitrogen and oxygen atoms in total. The van der Waals surface area contributed by atoms with Gasteiger partial charge in [0.15, 0.2) is 0 Å². The molecule has 0 saturated heterocycles. The van der Waals surface area contributed by atoms with Crippen LogP contribution in [0.25, 0.3) is 0 Å². The highest BCUT2D eigenvalue weighted by Gasteiger charge is 2.32. The predicted octanol–water partition coefficient (Wildman–Crippen LogP) is 4.40. The second kappa shape index (κ2) is 5.28. The Bertz CT molecular complexity index is 626. The van der Waals surface area contributed by atoms with E-state index in [9.17, 15) is 0 Å². The lowest BCUT2D eigenvalue weighted by Crippen LogP contribution is -2.27. The highest BCUT2D eigenvalue weighted by molar-refractivity contribution is 5.40. The average molecular weight is 284 g/mol. The zero-order valence-corrected chi connectivity index (χ0v) is 13.5. The quantitative estimate of drug-likeness (QED) is 0.807. The molecule has 112 valence electrons. The van der Waals surface area contributed by atoms with Gasteiger partial charge in [0.05, 0.1) is 5.69 Å². The summed E-state index contributed by atoms with van der Waals surface area (Å²) in [6.07, 6.45) is 9.93. The Morgan fingerprint density at radius 1 is 1.10 bits per heavy atom. The molecule has 0 radical (unpaired) electrons. The number of aryl methyl sites for hydroxylation is 1. The van der Waals surface area contributed by atoms with Crippen LogP contribution in [0, 0.1) is 6.92 Å². The summed E-state index contributed by atoms with van der Waals surface area (Å²) in [7, 11) is 0. The van der Waals surface area contributed by atoms with Crippen molar-refractivity contribution in [3.8, 4) is 5.88 Å². The van der Waals surface area contributed by atoms with E-state index < -0.39 is 0 Å². The van der Waals surface area contributed by atoms with Crippen molar-refractivity contribution in [2.24, 2.45) is 0 Å². The van der Waals surface area contributed by atoms with E-state index in [0.717, 1.165) is 36.7 Å². The molecule has 2 aliphatic rings. The summed E-state index contributed by atoms with van der Waals surface area (Å²) in [4.78, 5) is 9.29. The number of nitrogens with zero attached hydrogens (tertiary/aromatic N) is 2. The molecule has 3 rings (SSSR count). The molecule has 0 unspecified atom stereocenters. The van der Waals surface area contributed by atoms with E-state index in [1.54, 1.807) is 0 Å². The molecule has 2 aliphatic carbocycles. The molecule has 0 aliphatic heterocycles. The van der Waals surface area contributed by atoms with Crippen LogP contribution in [0.2, 0.25) is 0 Å². The first-order valence-corrected chi connectivity index (χ1v) is 7.90. The van der Waals surface area contributed by atoms with Gasteiger partial charge in [0.25, 0.3) is 0 Å². The summed E-state index contributed by atoms with van der Waals surface area (Å²) < 4.78 is 6.18. The molecule has 0 fully saturated rings. The first-order chi connectivity index (χ1) is 9.97. The number of rotatable bonds is 2. The number of ether oxygens (including phenoxy) is 1. The summed E-state index contributed by atoms with van der Waals surface area (Å²) in [5, 5.41) is 0. The molecule has 0 N–H and O–H groups in total. The molecule has 0 saturated carbocycles. The van der Waals surface area contributed by atoms with E-state index in [2.05, 4.69) is 37.9 Å². The molecule has 21 heavy (non-hydrogen) atoms. The third-order valence-electron chi connectivity index (χ3n) is 4.49. The Morgan fingerprint density at radius 2 is 1.86 bits per heavy atom. The summed E-state index contributed by atoms with van der Waals surface area (Å²) >= 11 is 0. The summed E-state index contributed by atoms with van der Waals surface area (Å²) in [6, 6.07) is 0. The minimum absolute atomic E-state index is 0.116. The molecule has 3 heteroatoms. The van der Waals surface area contributed by atoms with Crippen molar-refractivity contribution >= 4 is 0 Å². The standard InChI is InChI=1S/C18H24N2O/c1-12-8-5-6-10-15(12)21-17-14-9-7-11-18(3,4)16(14)19-13(2)20-17/h8,10H,5-7,9,11H2,1-4H3. The monoisotopic (exact) mass is 284 g/mol. The maximum Gasteiger partial charge on any atom is 0.226 e. The van der Waals surface area contributed by atoms with Crippen LogP contribution >= 0.6 is 0 Å². The van der Waals surface area contributed by atoms with Crippen LogP contribution in [0.1, 0.15) is 63.5 Å². The van der Waals surface area contributed by atoms with E-state index in [4.69, 9.17) is 9.72 Å². The van der Waals surface area contributed by atoms with Crippen molar-refractivity contribution in [3.63, 3.8) is 0 Å². The lowest BCUT2D eigenvalue weighted by molar-refractivity contribution is 0.372. The molecule has 0 atom stereocenters. The zero-order chi connectivity index (χ0) is 15.0. The summed E-state index contributed by atoms with van der Waals surface area (Å²) in [6.45, 7) is 8.60. The van der Waals surface area contributed by atoms with Gasteiger partial charge in [0.2, 0.25) is 5.88 Å². The van der Waals surface area contributed by atoms with E-state index in [1.165, 1.54) is 29.7 Å². The second-order valence-electron chi connectivity index (χ2n) is 6.78. The Morgan fingerprint density at radius 3 is 2.62 bits per heavy atom. The van der Waals surface area contributed by atoms with Gasteiger partial charge < -0.3 is 4.74 Å². The molecule has 1 aromatic rings. The fourth-order valence-corrected chi connectivity index (χ4v) is 3.27. The third-order valence-corrected chi connectivity index (χ3v) is 4.49. The molecule has 0 amide bonds. The van der Waals surface area contributed by atoms with Gasteiger partial charge in [-0.25, -0.2) is 4.98 Å². The van der Waals surface area contributed by atoms with Crippen LogP contribution in [0.5, 0.6) is 5.88 Å². The smallest absolute Gasteiger partial charge is 0.226 e. The Labute approximate surface area is 127 Å². The lowest BCUT2D eigenvalue weighted by atomic mass is 9.76. The van der Waals surface area contributed by atoms with Crippen molar-refractivity contribution < 1.29 is 4.74 Å². The van der Waals surface area contributed by atoms with Gasteiger partial charge in [-0.15, -0.1) is 0 Å². The molecule has 0 aromatic carbocycles.